The third-order valence-electron chi connectivity index (χ3n) is 1.15. The minimum Gasteiger partial charge on any atom is -0.195 e. The van der Waals surface area contributed by atoms with E-state index in [0.29, 0.717) is 14.1 Å². The monoisotopic (exact) mass is 260 g/mol. The number of hydrogen-bond acceptors (Lipinski definition) is 2. The minimum absolute atomic E-state index is 0.187. The van der Waals surface area contributed by atoms with Gasteiger partial charge >= 0.3 is 12.6 Å². The fourth-order valence-corrected chi connectivity index (χ4v) is 1.42. The van der Waals surface area contributed by atoms with Crippen molar-refractivity contribution in [1.29, 1.82) is 0 Å². The fraction of sp³-hybridized carbons (Fsp3) is 1.00. The Morgan fingerprint density at radius 1 is 0.867 bits per heavy atom. The summed E-state index contributed by atoms with van der Waals surface area (Å²) in [6.45, 7) is 0. The van der Waals surface area contributed by atoms with Crippen molar-refractivity contribution in [3.63, 3.8) is 0 Å². The Labute approximate surface area is 81.2 Å². The Kier molecular flexibility index (Phi) is 3.65. The number of nitrogens with zero attached hydrogens (tertiary/aromatic N) is 2. The average molecular weight is 260 g/mol. The zero-order valence-electron chi connectivity index (χ0n) is 7.39. The molecule has 0 aliphatic rings. The van der Waals surface area contributed by atoms with E-state index in [9.17, 15) is 34.8 Å². The second-order valence-corrected chi connectivity index (χ2v) is 4.48. The minimum atomic E-state index is -6.05. The predicted octanol–water partition coefficient (Wildman–Crippen LogP) is 1.13. The Balaban J connectivity index is 5.55. The highest BCUT2D eigenvalue weighted by Crippen LogP contribution is 2.36. The molecule has 0 saturated heterocycles. The van der Waals surface area contributed by atoms with E-state index < -0.39 is 27.1 Å². The van der Waals surface area contributed by atoms with Crippen LogP contribution in [0.15, 0.2) is 0 Å². The summed E-state index contributed by atoms with van der Waals surface area (Å²) in [6.07, 6.45) is -12.1. The molecule has 0 fully saturated rings. The molecule has 4 nitrogen and oxygen atoms in total. The van der Waals surface area contributed by atoms with Crippen molar-refractivity contribution in [2.24, 2.45) is 0 Å². The average Bonchev–Trinajstić information content (AvgIpc) is 1.76. The van der Waals surface area contributed by atoms with Crippen LogP contribution in [0.4, 0.5) is 26.3 Å². The van der Waals surface area contributed by atoms with E-state index in [1.165, 1.54) is 0 Å². The maximum atomic E-state index is 11.9. The molecule has 0 rings (SSSR count). The van der Waals surface area contributed by atoms with Gasteiger partial charge in [0.1, 0.15) is 0 Å². The maximum Gasteiger partial charge on any atom is 0.481 e. The van der Waals surface area contributed by atoms with Crippen molar-refractivity contribution in [3.8, 4) is 0 Å². The summed E-state index contributed by atoms with van der Waals surface area (Å²) >= 11 is 0. The van der Waals surface area contributed by atoms with Crippen molar-refractivity contribution in [3.05, 3.63) is 0 Å². The first-order valence-electron chi connectivity index (χ1n) is 3.17. The van der Waals surface area contributed by atoms with E-state index in [1.807, 2.05) is 0 Å². The first-order valence-corrected chi connectivity index (χ1v) is 4.57. The Morgan fingerprint density at radius 3 is 1.20 bits per heavy atom. The molecule has 0 aromatic rings. The highest BCUT2D eigenvalue weighted by Gasteiger charge is 2.61. The lowest BCUT2D eigenvalue weighted by Gasteiger charge is -2.28. The van der Waals surface area contributed by atoms with Gasteiger partial charge in [0.25, 0.3) is 10.2 Å². The smallest absolute Gasteiger partial charge is 0.195 e. The molecule has 0 aliphatic heterocycles. The molecule has 0 N–H and O–H groups in total. The van der Waals surface area contributed by atoms with Crippen LogP contribution in [0.1, 0.15) is 0 Å². The molecule has 0 aliphatic carbocycles. The van der Waals surface area contributed by atoms with Gasteiger partial charge in [-0.1, -0.05) is 0 Å². The summed E-state index contributed by atoms with van der Waals surface area (Å²) in [4.78, 5) is 0. The van der Waals surface area contributed by atoms with E-state index >= 15 is 0 Å². The van der Waals surface area contributed by atoms with Gasteiger partial charge in [-0.3, -0.25) is 0 Å². The second-order valence-electron chi connectivity index (χ2n) is 2.49. The molecule has 0 radical (unpaired) electrons. The van der Waals surface area contributed by atoms with Gasteiger partial charge in [-0.2, -0.15) is 39.1 Å². The van der Waals surface area contributed by atoms with Crippen molar-refractivity contribution in [2.75, 3.05) is 14.1 Å². The van der Waals surface area contributed by atoms with Gasteiger partial charge in [0.05, 0.1) is 0 Å². The molecule has 15 heavy (non-hydrogen) atoms. The first kappa shape index (κ1) is 14.5. The fourth-order valence-electron chi connectivity index (χ4n) is 0.569. The largest absolute Gasteiger partial charge is 0.481 e. The molecule has 0 atom stereocenters. The lowest BCUT2D eigenvalue weighted by Crippen LogP contribution is -2.55. The van der Waals surface area contributed by atoms with Crippen molar-refractivity contribution in [1.82, 2.24) is 8.61 Å². The zero-order valence-corrected chi connectivity index (χ0v) is 8.20. The van der Waals surface area contributed by atoms with E-state index in [4.69, 9.17) is 0 Å². The van der Waals surface area contributed by atoms with Gasteiger partial charge in [0, 0.05) is 18.4 Å². The molecule has 92 valence electrons. The van der Waals surface area contributed by atoms with Crippen LogP contribution >= 0.6 is 0 Å². The van der Waals surface area contributed by atoms with Gasteiger partial charge < -0.3 is 0 Å². The summed E-state index contributed by atoms with van der Waals surface area (Å²) in [5.41, 5.74) is 0. The van der Waals surface area contributed by atoms with Gasteiger partial charge in [-0.25, -0.2) is 0 Å². The third kappa shape index (κ3) is 3.21. The molecule has 0 bridgehead atoms. The molecule has 0 heterocycles. The molecule has 0 unspecified atom stereocenters. The summed E-state index contributed by atoms with van der Waals surface area (Å²) in [5.74, 6) is 0. The Hall–Kier alpha value is -0.550. The van der Waals surface area contributed by atoms with Crippen molar-refractivity contribution >= 4 is 10.2 Å². The van der Waals surface area contributed by atoms with Crippen LogP contribution in [0.25, 0.3) is 0 Å². The molecular weight excluding hydrogens is 254 g/mol. The normalized spacial score (nSPS) is 15.1. The molecule has 0 amide bonds. The van der Waals surface area contributed by atoms with E-state index in [1.54, 1.807) is 0 Å². The van der Waals surface area contributed by atoms with Crippen LogP contribution in [0.2, 0.25) is 0 Å². The van der Waals surface area contributed by atoms with E-state index in [0.717, 1.165) is 0 Å². The number of alkyl halides is 6. The maximum absolute atomic E-state index is 11.9. The molecule has 0 aromatic carbocycles. The summed E-state index contributed by atoms with van der Waals surface area (Å²) in [5, 5.41) is 0. The molecule has 0 saturated carbocycles. The van der Waals surface area contributed by atoms with Crippen LogP contribution in [0.5, 0.6) is 0 Å². The SMILES string of the molecule is CN(C)S(=O)(=O)N(C(F)(F)F)C(F)(F)F. The van der Waals surface area contributed by atoms with Gasteiger partial charge in [-0.15, -0.1) is 0 Å². The third-order valence-corrected chi connectivity index (χ3v) is 2.95. The molecular formula is C4H6F6N2O2S. The van der Waals surface area contributed by atoms with Crippen LogP contribution < -0.4 is 0 Å². The number of hydrogen-bond donors (Lipinski definition) is 0. The number of rotatable bonds is 2. The van der Waals surface area contributed by atoms with Crippen LogP contribution in [0.3, 0.4) is 0 Å². The topological polar surface area (TPSA) is 40.6 Å². The van der Waals surface area contributed by atoms with Crippen molar-refractivity contribution in [2.45, 2.75) is 12.6 Å². The Morgan fingerprint density at radius 2 is 1.13 bits per heavy atom. The van der Waals surface area contributed by atoms with E-state index in [-0.39, 0.29) is 4.31 Å². The highest BCUT2D eigenvalue weighted by molar-refractivity contribution is 7.86. The second kappa shape index (κ2) is 3.79. The first-order chi connectivity index (χ1) is 6.31. The molecule has 0 aromatic heterocycles. The van der Waals surface area contributed by atoms with Gasteiger partial charge in [0.2, 0.25) is 0 Å². The summed E-state index contributed by atoms with van der Waals surface area (Å²) in [6, 6.07) is 0. The quantitative estimate of drug-likeness (QED) is 0.551. The molecule has 11 heteroatoms. The van der Waals surface area contributed by atoms with E-state index in [2.05, 4.69) is 0 Å². The highest BCUT2D eigenvalue weighted by atomic mass is 32.2. The Bertz CT molecular complexity index is 303. The van der Waals surface area contributed by atoms with Crippen LogP contribution in [-0.2, 0) is 10.2 Å². The molecule has 0 spiro atoms. The van der Waals surface area contributed by atoms with Crippen molar-refractivity contribution < 1.29 is 34.8 Å². The lowest BCUT2D eigenvalue weighted by molar-refractivity contribution is -0.335. The van der Waals surface area contributed by atoms with Gasteiger partial charge in [0.15, 0.2) is 0 Å². The lowest BCUT2D eigenvalue weighted by atomic mass is 11.0. The van der Waals surface area contributed by atoms with Gasteiger partial charge in [-0.05, 0) is 0 Å². The van der Waals surface area contributed by atoms with Crippen LogP contribution in [-0.4, -0.2) is 43.7 Å². The number of halogens is 6. The summed E-state index contributed by atoms with van der Waals surface area (Å²) < 4.78 is 90.1. The van der Waals surface area contributed by atoms with Crippen LogP contribution in [0, 0.1) is 0 Å². The zero-order chi connectivity index (χ0) is 12.7. The summed E-state index contributed by atoms with van der Waals surface area (Å²) in [7, 11) is -4.53. The predicted molar refractivity (Wildman–Crippen MR) is 36.6 cm³/mol. The standard InChI is InChI=1S/C4H6F6N2O2S/c1-11(2)15(13,14)12(3(5,6)7)4(8,9)10/h1-2H3.